The van der Waals surface area contributed by atoms with Crippen molar-refractivity contribution in [3.63, 3.8) is 0 Å². The van der Waals surface area contributed by atoms with Gasteiger partial charge in [0, 0.05) is 6.61 Å². The SMILES string of the molecule is COC(=O)[C@@H]1CC[C@@H]2OCCC[C@H]2C1. The Hall–Kier alpha value is -0.570. The van der Waals surface area contributed by atoms with Crippen LogP contribution in [-0.4, -0.2) is 25.8 Å². The third-order valence-electron chi connectivity index (χ3n) is 3.50. The highest BCUT2D eigenvalue weighted by Gasteiger charge is 2.36. The van der Waals surface area contributed by atoms with Crippen LogP contribution in [0.2, 0.25) is 0 Å². The topological polar surface area (TPSA) is 35.5 Å². The van der Waals surface area contributed by atoms with E-state index in [0.717, 1.165) is 32.3 Å². The van der Waals surface area contributed by atoms with Crippen LogP contribution in [0.5, 0.6) is 0 Å². The van der Waals surface area contributed by atoms with Crippen molar-refractivity contribution in [1.82, 2.24) is 0 Å². The lowest BCUT2D eigenvalue weighted by Gasteiger charge is -2.38. The van der Waals surface area contributed by atoms with Crippen LogP contribution in [0.4, 0.5) is 0 Å². The molecule has 0 aromatic carbocycles. The maximum absolute atomic E-state index is 11.4. The minimum absolute atomic E-state index is 0.0333. The molecule has 3 heteroatoms. The number of fused-ring (bicyclic) bond motifs is 1. The maximum atomic E-state index is 11.4. The third kappa shape index (κ3) is 1.92. The lowest BCUT2D eigenvalue weighted by atomic mass is 9.76. The van der Waals surface area contributed by atoms with Crippen LogP contribution >= 0.6 is 0 Å². The molecule has 1 aliphatic carbocycles. The first kappa shape index (κ1) is 9.97. The minimum Gasteiger partial charge on any atom is -0.469 e. The van der Waals surface area contributed by atoms with Gasteiger partial charge in [-0.3, -0.25) is 4.79 Å². The van der Waals surface area contributed by atoms with Gasteiger partial charge >= 0.3 is 5.97 Å². The van der Waals surface area contributed by atoms with Crippen LogP contribution < -0.4 is 0 Å². The van der Waals surface area contributed by atoms with Gasteiger partial charge in [0.2, 0.25) is 0 Å². The molecule has 2 aliphatic rings. The van der Waals surface area contributed by atoms with E-state index in [9.17, 15) is 4.79 Å². The van der Waals surface area contributed by atoms with Crippen molar-refractivity contribution < 1.29 is 14.3 Å². The molecule has 0 radical (unpaired) electrons. The molecule has 0 aromatic rings. The molecule has 0 aromatic heterocycles. The van der Waals surface area contributed by atoms with Gasteiger partial charge in [-0.25, -0.2) is 0 Å². The van der Waals surface area contributed by atoms with E-state index in [4.69, 9.17) is 9.47 Å². The number of ether oxygens (including phenoxy) is 2. The van der Waals surface area contributed by atoms with Crippen molar-refractivity contribution in [3.05, 3.63) is 0 Å². The Morgan fingerprint density at radius 1 is 1.36 bits per heavy atom. The molecule has 2 rings (SSSR count). The lowest BCUT2D eigenvalue weighted by molar-refractivity contribution is -0.150. The molecule has 0 spiro atoms. The third-order valence-corrected chi connectivity index (χ3v) is 3.50. The van der Waals surface area contributed by atoms with Crippen molar-refractivity contribution in [3.8, 4) is 0 Å². The second-order valence-electron chi connectivity index (χ2n) is 4.34. The molecule has 0 unspecified atom stereocenters. The number of esters is 1. The van der Waals surface area contributed by atoms with Crippen LogP contribution in [0.25, 0.3) is 0 Å². The quantitative estimate of drug-likeness (QED) is 0.602. The number of methoxy groups -OCH3 is 1. The first-order valence-electron chi connectivity index (χ1n) is 5.50. The number of rotatable bonds is 1. The predicted octanol–water partition coefficient (Wildman–Crippen LogP) is 1.75. The molecule has 80 valence electrons. The molecule has 1 heterocycles. The van der Waals surface area contributed by atoms with E-state index in [1.807, 2.05) is 0 Å². The summed E-state index contributed by atoms with van der Waals surface area (Å²) in [6.07, 6.45) is 5.73. The van der Waals surface area contributed by atoms with E-state index in [1.54, 1.807) is 0 Å². The van der Waals surface area contributed by atoms with E-state index in [2.05, 4.69) is 0 Å². The van der Waals surface area contributed by atoms with Crippen molar-refractivity contribution in [2.24, 2.45) is 11.8 Å². The fourth-order valence-electron chi connectivity index (χ4n) is 2.72. The van der Waals surface area contributed by atoms with Crippen molar-refractivity contribution in [2.45, 2.75) is 38.2 Å². The van der Waals surface area contributed by atoms with Crippen LogP contribution in [0.15, 0.2) is 0 Å². The second-order valence-corrected chi connectivity index (χ2v) is 4.34. The van der Waals surface area contributed by atoms with Gasteiger partial charge in [0.25, 0.3) is 0 Å². The van der Waals surface area contributed by atoms with Crippen molar-refractivity contribution in [2.75, 3.05) is 13.7 Å². The summed E-state index contributed by atoms with van der Waals surface area (Å²) in [6, 6.07) is 0. The molecule has 0 bridgehead atoms. The Morgan fingerprint density at radius 2 is 2.21 bits per heavy atom. The average molecular weight is 198 g/mol. The predicted molar refractivity (Wildman–Crippen MR) is 51.8 cm³/mol. The normalized spacial score (nSPS) is 37.4. The van der Waals surface area contributed by atoms with Gasteiger partial charge in [-0.1, -0.05) is 0 Å². The highest BCUT2D eigenvalue weighted by molar-refractivity contribution is 5.72. The zero-order chi connectivity index (χ0) is 9.97. The zero-order valence-corrected chi connectivity index (χ0v) is 8.70. The van der Waals surface area contributed by atoms with Gasteiger partial charge in [-0.15, -0.1) is 0 Å². The molecular formula is C11H18O3. The van der Waals surface area contributed by atoms with Gasteiger partial charge in [0.15, 0.2) is 0 Å². The average Bonchev–Trinajstić information content (AvgIpc) is 2.27. The number of hydrogen-bond donors (Lipinski definition) is 0. The molecule has 2 fully saturated rings. The van der Waals surface area contributed by atoms with Crippen LogP contribution in [0.1, 0.15) is 32.1 Å². The minimum atomic E-state index is -0.0333. The fraction of sp³-hybridized carbons (Fsp3) is 0.909. The van der Waals surface area contributed by atoms with Gasteiger partial charge in [-0.2, -0.15) is 0 Å². The largest absolute Gasteiger partial charge is 0.469 e. The van der Waals surface area contributed by atoms with Gasteiger partial charge in [0.05, 0.1) is 19.1 Å². The molecule has 0 N–H and O–H groups in total. The fourth-order valence-corrected chi connectivity index (χ4v) is 2.72. The molecule has 0 amide bonds. The van der Waals surface area contributed by atoms with Crippen LogP contribution in [-0.2, 0) is 14.3 Å². The van der Waals surface area contributed by atoms with Crippen LogP contribution in [0, 0.1) is 11.8 Å². The first-order valence-corrected chi connectivity index (χ1v) is 5.50. The monoisotopic (exact) mass is 198 g/mol. The summed E-state index contributed by atoms with van der Waals surface area (Å²) in [6.45, 7) is 0.907. The summed E-state index contributed by atoms with van der Waals surface area (Å²) in [7, 11) is 1.48. The number of carbonyl (C=O) groups excluding carboxylic acids is 1. The van der Waals surface area contributed by atoms with Crippen molar-refractivity contribution >= 4 is 5.97 Å². The number of hydrogen-bond acceptors (Lipinski definition) is 3. The van der Waals surface area contributed by atoms with E-state index < -0.39 is 0 Å². The Labute approximate surface area is 84.8 Å². The second kappa shape index (κ2) is 4.30. The van der Waals surface area contributed by atoms with E-state index >= 15 is 0 Å². The Kier molecular flexibility index (Phi) is 3.06. The zero-order valence-electron chi connectivity index (χ0n) is 8.70. The molecular weight excluding hydrogens is 180 g/mol. The maximum Gasteiger partial charge on any atom is 0.308 e. The molecule has 14 heavy (non-hydrogen) atoms. The van der Waals surface area contributed by atoms with E-state index in [0.29, 0.717) is 12.0 Å². The van der Waals surface area contributed by atoms with Gasteiger partial charge in [-0.05, 0) is 38.0 Å². The Morgan fingerprint density at radius 3 is 3.00 bits per heavy atom. The Bertz CT molecular complexity index is 215. The van der Waals surface area contributed by atoms with Crippen molar-refractivity contribution in [1.29, 1.82) is 0 Å². The summed E-state index contributed by atoms with van der Waals surface area (Å²) in [5.74, 6) is 0.693. The summed E-state index contributed by atoms with van der Waals surface area (Å²) in [5, 5.41) is 0. The van der Waals surface area contributed by atoms with Crippen LogP contribution in [0.3, 0.4) is 0 Å². The molecule has 1 aliphatic heterocycles. The van der Waals surface area contributed by atoms with Gasteiger partial charge < -0.3 is 9.47 Å². The van der Waals surface area contributed by atoms with E-state index in [1.165, 1.54) is 13.5 Å². The lowest BCUT2D eigenvalue weighted by Crippen LogP contribution is -2.37. The first-order chi connectivity index (χ1) is 6.81. The molecule has 3 atom stereocenters. The van der Waals surface area contributed by atoms with E-state index in [-0.39, 0.29) is 11.9 Å². The smallest absolute Gasteiger partial charge is 0.308 e. The summed E-state index contributed by atoms with van der Waals surface area (Å²) < 4.78 is 10.5. The number of carbonyl (C=O) groups is 1. The highest BCUT2D eigenvalue weighted by Crippen LogP contribution is 2.36. The summed E-state index contributed by atoms with van der Waals surface area (Å²) >= 11 is 0. The highest BCUT2D eigenvalue weighted by atomic mass is 16.5. The summed E-state index contributed by atoms with van der Waals surface area (Å²) in [4.78, 5) is 11.4. The Balaban J connectivity index is 1.92. The molecule has 1 saturated heterocycles. The summed E-state index contributed by atoms with van der Waals surface area (Å²) in [5.41, 5.74) is 0. The van der Waals surface area contributed by atoms with Gasteiger partial charge in [0.1, 0.15) is 0 Å². The standard InChI is InChI=1S/C11H18O3/c1-13-11(12)9-4-5-10-8(7-9)3-2-6-14-10/h8-10H,2-7H2,1H3/t8-,9+,10-/m0/s1. The molecule has 3 nitrogen and oxygen atoms in total. The molecule has 1 saturated carbocycles.